The van der Waals surface area contributed by atoms with Crippen LogP contribution in [0.1, 0.15) is 26.2 Å². The fourth-order valence-corrected chi connectivity index (χ4v) is 3.19. The first-order chi connectivity index (χ1) is 13.1. The number of rotatable bonds is 5. The van der Waals surface area contributed by atoms with Gasteiger partial charge in [0.2, 0.25) is 11.8 Å². The molecule has 8 heteroatoms. The first kappa shape index (κ1) is 17.6. The lowest BCUT2D eigenvalue weighted by Crippen LogP contribution is -2.43. The minimum absolute atomic E-state index is 0.0892. The van der Waals surface area contributed by atoms with E-state index in [0.717, 1.165) is 17.2 Å². The molecule has 0 spiro atoms. The molecule has 1 aliphatic heterocycles. The van der Waals surface area contributed by atoms with Crippen molar-refractivity contribution in [1.82, 2.24) is 31.3 Å². The van der Waals surface area contributed by atoms with Gasteiger partial charge >= 0.3 is 0 Å². The molecule has 0 bridgehead atoms. The summed E-state index contributed by atoms with van der Waals surface area (Å²) in [6.07, 6.45) is 2.46. The molecule has 1 amide bonds. The maximum Gasteiger partial charge on any atom is 0.266 e. The van der Waals surface area contributed by atoms with Gasteiger partial charge in [-0.15, -0.1) is 10.2 Å². The summed E-state index contributed by atoms with van der Waals surface area (Å²) in [7, 11) is 0. The number of hydrogen-bond donors (Lipinski definition) is 3. The third-order valence-corrected chi connectivity index (χ3v) is 4.81. The van der Waals surface area contributed by atoms with E-state index in [1.54, 1.807) is 6.20 Å². The van der Waals surface area contributed by atoms with E-state index in [9.17, 15) is 4.79 Å². The predicted octanol–water partition coefficient (Wildman–Crippen LogP) is 1.79. The molecule has 1 saturated heterocycles. The molecule has 0 radical (unpaired) electrons. The van der Waals surface area contributed by atoms with Crippen molar-refractivity contribution in [2.24, 2.45) is 5.92 Å². The van der Waals surface area contributed by atoms with Gasteiger partial charge in [0.05, 0.1) is 6.54 Å². The topological polar surface area (TPSA) is 105 Å². The molecule has 140 valence electrons. The van der Waals surface area contributed by atoms with Crippen molar-refractivity contribution >= 4 is 16.7 Å². The van der Waals surface area contributed by atoms with Crippen molar-refractivity contribution < 1.29 is 9.21 Å². The molecule has 8 nitrogen and oxygen atoms in total. The van der Waals surface area contributed by atoms with Gasteiger partial charge in [-0.2, -0.15) is 0 Å². The molecular weight excluding hydrogens is 344 g/mol. The lowest BCUT2D eigenvalue weighted by Gasteiger charge is -2.12. The Labute approximate surface area is 156 Å². The molecule has 2 atom stereocenters. The van der Waals surface area contributed by atoms with Gasteiger partial charge in [-0.05, 0) is 23.8 Å². The number of hydrazine groups is 1. The maximum atomic E-state index is 12.3. The Morgan fingerprint density at radius 2 is 2.11 bits per heavy atom. The van der Waals surface area contributed by atoms with E-state index in [1.165, 1.54) is 0 Å². The molecule has 2 unspecified atom stereocenters. The molecule has 4 rings (SSSR count). The van der Waals surface area contributed by atoms with Crippen molar-refractivity contribution in [1.29, 1.82) is 0 Å². The van der Waals surface area contributed by atoms with E-state index in [4.69, 9.17) is 4.42 Å². The molecule has 0 aliphatic carbocycles. The molecule has 27 heavy (non-hydrogen) atoms. The number of fused-ring (bicyclic) bond motifs is 1. The summed E-state index contributed by atoms with van der Waals surface area (Å²) in [6.45, 7) is 4.43. The Bertz CT molecular complexity index is 949. The van der Waals surface area contributed by atoms with Crippen LogP contribution in [-0.4, -0.2) is 33.2 Å². The minimum atomic E-state index is -0.264. The summed E-state index contributed by atoms with van der Waals surface area (Å²) >= 11 is 0. The fraction of sp³-hybridized carbons (Fsp3) is 0.368. The van der Waals surface area contributed by atoms with Gasteiger partial charge in [0.15, 0.2) is 0 Å². The molecule has 1 fully saturated rings. The highest BCUT2D eigenvalue weighted by Gasteiger charge is 2.30. The average Bonchev–Trinajstić information content (AvgIpc) is 3.35. The van der Waals surface area contributed by atoms with Gasteiger partial charge in [0, 0.05) is 17.6 Å². The second kappa shape index (κ2) is 7.42. The summed E-state index contributed by atoms with van der Waals surface area (Å²) < 4.78 is 5.71. The van der Waals surface area contributed by atoms with Crippen LogP contribution in [-0.2, 0) is 11.3 Å². The first-order valence-electron chi connectivity index (χ1n) is 9.07. The van der Waals surface area contributed by atoms with E-state index in [0.29, 0.717) is 23.4 Å². The van der Waals surface area contributed by atoms with Crippen molar-refractivity contribution in [3.8, 4) is 11.6 Å². The third-order valence-electron chi connectivity index (χ3n) is 4.81. The number of hydrogen-bond acceptors (Lipinski definition) is 7. The van der Waals surface area contributed by atoms with Crippen molar-refractivity contribution in [2.75, 3.05) is 0 Å². The smallest absolute Gasteiger partial charge is 0.266 e. The van der Waals surface area contributed by atoms with Crippen LogP contribution in [0.3, 0.4) is 0 Å². The quantitative estimate of drug-likeness (QED) is 0.632. The van der Waals surface area contributed by atoms with E-state index in [1.807, 2.05) is 30.3 Å². The maximum absolute atomic E-state index is 12.3. The van der Waals surface area contributed by atoms with Gasteiger partial charge in [-0.3, -0.25) is 15.2 Å². The molecule has 3 aromatic rings. The summed E-state index contributed by atoms with van der Waals surface area (Å²) in [5, 5.41) is 13.0. The Hall–Kier alpha value is -2.84. The van der Waals surface area contributed by atoms with Crippen molar-refractivity contribution in [3.63, 3.8) is 0 Å². The number of amides is 1. The van der Waals surface area contributed by atoms with Gasteiger partial charge in [-0.1, -0.05) is 38.1 Å². The van der Waals surface area contributed by atoms with E-state index >= 15 is 0 Å². The highest BCUT2D eigenvalue weighted by atomic mass is 16.4. The summed E-state index contributed by atoms with van der Waals surface area (Å²) in [5.74, 6) is 1.06. The molecule has 2 aromatic heterocycles. The Kier molecular flexibility index (Phi) is 4.83. The zero-order valence-electron chi connectivity index (χ0n) is 15.3. The van der Waals surface area contributed by atoms with Crippen LogP contribution in [0.5, 0.6) is 0 Å². The molecule has 3 N–H and O–H groups in total. The molecule has 3 heterocycles. The number of benzene rings is 1. The second-order valence-corrected chi connectivity index (χ2v) is 7.03. The first-order valence-corrected chi connectivity index (χ1v) is 9.07. The standard InChI is InChI=1S/C19H22N6O2/c1-11(2)14-9-15(23-22-14)18(26)21-10-16-24-25-19(27-16)17-13-6-4-3-5-12(13)7-8-20-17/h3-8,11,14-15,22-23H,9-10H2,1-2H3,(H,21,26). The van der Waals surface area contributed by atoms with Crippen molar-refractivity contribution in [2.45, 2.75) is 38.9 Å². The monoisotopic (exact) mass is 366 g/mol. The zero-order chi connectivity index (χ0) is 18.8. The van der Waals surface area contributed by atoms with Gasteiger partial charge in [-0.25, -0.2) is 5.43 Å². The summed E-state index contributed by atoms with van der Waals surface area (Å²) in [6, 6.07) is 9.84. The van der Waals surface area contributed by atoms with Crippen LogP contribution in [0.15, 0.2) is 40.9 Å². The Balaban J connectivity index is 1.42. The van der Waals surface area contributed by atoms with Gasteiger partial charge in [0.1, 0.15) is 11.7 Å². The third kappa shape index (κ3) is 3.67. The molecule has 0 saturated carbocycles. The summed E-state index contributed by atoms with van der Waals surface area (Å²) in [5.41, 5.74) is 6.83. The largest absolute Gasteiger partial charge is 0.417 e. The Morgan fingerprint density at radius 1 is 1.26 bits per heavy atom. The summed E-state index contributed by atoms with van der Waals surface area (Å²) in [4.78, 5) is 16.7. The molecule has 1 aliphatic rings. The normalized spacial score (nSPS) is 19.7. The highest BCUT2D eigenvalue weighted by molar-refractivity contribution is 5.92. The highest BCUT2D eigenvalue weighted by Crippen LogP contribution is 2.25. The lowest BCUT2D eigenvalue weighted by atomic mass is 9.99. The second-order valence-electron chi connectivity index (χ2n) is 7.03. The van der Waals surface area contributed by atoms with Crippen molar-refractivity contribution in [3.05, 3.63) is 42.4 Å². The van der Waals surface area contributed by atoms with Crippen LogP contribution >= 0.6 is 0 Å². The van der Waals surface area contributed by atoms with E-state index in [-0.39, 0.29) is 24.5 Å². The Morgan fingerprint density at radius 3 is 2.93 bits per heavy atom. The lowest BCUT2D eigenvalue weighted by molar-refractivity contribution is -0.123. The predicted molar refractivity (Wildman–Crippen MR) is 100 cm³/mol. The molecule has 1 aromatic carbocycles. The number of nitrogens with zero attached hydrogens (tertiary/aromatic N) is 3. The van der Waals surface area contributed by atoms with Gasteiger partial charge < -0.3 is 9.73 Å². The number of aromatic nitrogens is 3. The van der Waals surface area contributed by atoms with E-state index < -0.39 is 0 Å². The number of carbonyl (C=O) groups excluding carboxylic acids is 1. The molecular formula is C19H22N6O2. The fourth-order valence-electron chi connectivity index (χ4n) is 3.19. The average molecular weight is 366 g/mol. The van der Waals surface area contributed by atoms with Gasteiger partial charge in [0.25, 0.3) is 5.89 Å². The van der Waals surface area contributed by atoms with Crippen LogP contribution in [0.4, 0.5) is 0 Å². The SMILES string of the molecule is CC(C)C1CC(C(=O)NCc2nnc(-c3nccc4ccccc34)o2)NN1. The van der Waals surface area contributed by atoms with Crippen LogP contribution < -0.4 is 16.2 Å². The minimum Gasteiger partial charge on any atom is -0.417 e. The van der Waals surface area contributed by atoms with Crippen LogP contribution in [0.2, 0.25) is 0 Å². The van der Waals surface area contributed by atoms with Crippen LogP contribution in [0.25, 0.3) is 22.4 Å². The van der Waals surface area contributed by atoms with E-state index in [2.05, 4.69) is 45.2 Å². The van der Waals surface area contributed by atoms with Crippen LogP contribution in [0, 0.1) is 5.92 Å². The number of nitrogens with one attached hydrogen (secondary N) is 3. The zero-order valence-corrected chi connectivity index (χ0v) is 15.3. The number of pyridine rings is 1. The number of carbonyl (C=O) groups is 1.